The fourth-order valence-electron chi connectivity index (χ4n) is 1.86. The van der Waals surface area contributed by atoms with Gasteiger partial charge in [-0.3, -0.25) is 20.3 Å². The number of hydrogen-bond acceptors (Lipinski definition) is 6. The van der Waals surface area contributed by atoms with Crippen LogP contribution in [0, 0.1) is 10.1 Å². The zero-order valence-electron chi connectivity index (χ0n) is 13.4. The molecule has 132 valence electrons. The molecule has 2 rings (SSSR count). The van der Waals surface area contributed by atoms with Gasteiger partial charge in [0, 0.05) is 17.8 Å². The summed E-state index contributed by atoms with van der Waals surface area (Å²) in [5.41, 5.74) is 3.16. The predicted molar refractivity (Wildman–Crippen MR) is 97.8 cm³/mol. The van der Waals surface area contributed by atoms with Crippen molar-refractivity contribution >= 4 is 44.4 Å². The molecule has 0 saturated heterocycles. The molecule has 0 atom stereocenters. The summed E-state index contributed by atoms with van der Waals surface area (Å²) in [5.74, 6) is 0. The Labute approximate surface area is 149 Å². The molecule has 0 aliphatic carbocycles. The molecule has 2 N–H and O–H groups in total. The first-order valence-electron chi connectivity index (χ1n) is 7.03. The number of nitrogens with zero attached hydrogens (tertiary/aromatic N) is 2. The standard InChI is InChI=1S/C15H15ClN4O4S/c1-10(2)17-18-14-8-7-11(20(21)22)9-15(14)25(23,24)19-13-6-4-3-5-12(13)16/h3-9,18-19H,1-2H3. The van der Waals surface area contributed by atoms with Gasteiger partial charge in [-0.1, -0.05) is 23.7 Å². The van der Waals surface area contributed by atoms with Gasteiger partial charge in [-0.15, -0.1) is 0 Å². The summed E-state index contributed by atoms with van der Waals surface area (Å²) in [6, 6.07) is 9.71. The van der Waals surface area contributed by atoms with Crippen molar-refractivity contribution in [2.45, 2.75) is 18.7 Å². The fourth-order valence-corrected chi connectivity index (χ4v) is 3.35. The van der Waals surface area contributed by atoms with Crippen molar-refractivity contribution in [3.8, 4) is 0 Å². The minimum Gasteiger partial charge on any atom is -0.278 e. The van der Waals surface area contributed by atoms with E-state index in [2.05, 4.69) is 15.2 Å². The third kappa shape index (κ3) is 4.68. The van der Waals surface area contributed by atoms with E-state index < -0.39 is 14.9 Å². The maximum absolute atomic E-state index is 12.7. The van der Waals surface area contributed by atoms with Gasteiger partial charge in [-0.05, 0) is 32.0 Å². The number of hydrazone groups is 1. The molecule has 10 heteroatoms. The Morgan fingerprint density at radius 1 is 1.16 bits per heavy atom. The van der Waals surface area contributed by atoms with Gasteiger partial charge in [0.25, 0.3) is 15.7 Å². The average Bonchev–Trinajstić information content (AvgIpc) is 2.54. The molecule has 25 heavy (non-hydrogen) atoms. The Morgan fingerprint density at radius 2 is 1.84 bits per heavy atom. The third-order valence-electron chi connectivity index (χ3n) is 2.98. The number of benzene rings is 2. The average molecular weight is 383 g/mol. The lowest BCUT2D eigenvalue weighted by atomic mass is 10.3. The highest BCUT2D eigenvalue weighted by molar-refractivity contribution is 7.93. The van der Waals surface area contributed by atoms with E-state index in [1.54, 1.807) is 26.0 Å². The first-order valence-corrected chi connectivity index (χ1v) is 8.89. The normalized spacial score (nSPS) is 10.8. The highest BCUT2D eigenvalue weighted by Crippen LogP contribution is 2.30. The maximum atomic E-state index is 12.7. The van der Waals surface area contributed by atoms with Gasteiger partial charge in [0.05, 0.1) is 21.3 Å². The van der Waals surface area contributed by atoms with E-state index in [0.717, 1.165) is 6.07 Å². The van der Waals surface area contributed by atoms with E-state index in [9.17, 15) is 18.5 Å². The number of nitro groups is 1. The van der Waals surface area contributed by atoms with E-state index in [0.29, 0.717) is 5.71 Å². The van der Waals surface area contributed by atoms with Gasteiger partial charge in [0.2, 0.25) is 0 Å². The fraction of sp³-hybridized carbons (Fsp3) is 0.133. The third-order valence-corrected chi connectivity index (χ3v) is 4.72. The van der Waals surface area contributed by atoms with E-state index >= 15 is 0 Å². The number of nitrogens with one attached hydrogen (secondary N) is 2. The molecule has 0 spiro atoms. The minimum atomic E-state index is -4.14. The van der Waals surface area contributed by atoms with Crippen molar-refractivity contribution in [3.05, 3.63) is 57.6 Å². The van der Waals surface area contributed by atoms with Gasteiger partial charge in [-0.2, -0.15) is 5.10 Å². The summed E-state index contributed by atoms with van der Waals surface area (Å²) in [5, 5.41) is 15.1. The van der Waals surface area contributed by atoms with Crippen LogP contribution in [0.1, 0.15) is 13.8 Å². The molecule has 0 amide bonds. The lowest BCUT2D eigenvalue weighted by Crippen LogP contribution is -2.15. The Hall–Kier alpha value is -2.65. The Balaban J connectivity index is 2.53. The topological polar surface area (TPSA) is 114 Å². The molecule has 2 aromatic rings. The summed E-state index contributed by atoms with van der Waals surface area (Å²) >= 11 is 5.97. The lowest BCUT2D eigenvalue weighted by Gasteiger charge is -2.13. The molecule has 0 fully saturated rings. The Morgan fingerprint density at radius 3 is 2.44 bits per heavy atom. The van der Waals surface area contributed by atoms with E-state index in [-0.39, 0.29) is 27.0 Å². The zero-order valence-corrected chi connectivity index (χ0v) is 14.9. The molecule has 0 bridgehead atoms. The minimum absolute atomic E-state index is 0.103. The summed E-state index contributed by atoms with van der Waals surface area (Å²) in [7, 11) is -4.14. The SMILES string of the molecule is CC(C)=NNc1ccc([N+](=O)[O-])cc1S(=O)(=O)Nc1ccccc1Cl. The molecule has 0 unspecified atom stereocenters. The Kier molecular flexibility index (Phi) is 5.60. The van der Waals surface area contributed by atoms with Crippen LogP contribution in [0.25, 0.3) is 0 Å². The van der Waals surface area contributed by atoms with Gasteiger partial charge in [0.1, 0.15) is 4.90 Å². The first-order chi connectivity index (χ1) is 11.7. The number of nitro benzene ring substituents is 1. The maximum Gasteiger partial charge on any atom is 0.270 e. The molecule has 0 saturated carbocycles. The van der Waals surface area contributed by atoms with Gasteiger partial charge in [-0.25, -0.2) is 8.42 Å². The van der Waals surface area contributed by atoms with Gasteiger partial charge < -0.3 is 0 Å². The highest BCUT2D eigenvalue weighted by atomic mass is 35.5. The molecule has 2 aromatic carbocycles. The number of para-hydroxylation sites is 1. The number of anilines is 2. The van der Waals surface area contributed by atoms with Crippen molar-refractivity contribution < 1.29 is 13.3 Å². The summed E-state index contributed by atoms with van der Waals surface area (Å²) < 4.78 is 27.8. The van der Waals surface area contributed by atoms with Crippen LogP contribution in [0.2, 0.25) is 5.02 Å². The van der Waals surface area contributed by atoms with Crippen molar-refractivity contribution in [3.63, 3.8) is 0 Å². The molecule has 0 aromatic heterocycles. The van der Waals surface area contributed by atoms with Crippen molar-refractivity contribution in [1.29, 1.82) is 0 Å². The number of sulfonamides is 1. The van der Waals surface area contributed by atoms with Crippen LogP contribution in [0.5, 0.6) is 0 Å². The number of hydrogen-bond donors (Lipinski definition) is 2. The van der Waals surface area contributed by atoms with Gasteiger partial charge >= 0.3 is 0 Å². The molecular formula is C15H15ClN4O4S. The van der Waals surface area contributed by atoms with Crippen molar-refractivity contribution in [1.82, 2.24) is 0 Å². The van der Waals surface area contributed by atoms with Crippen LogP contribution in [-0.4, -0.2) is 19.1 Å². The van der Waals surface area contributed by atoms with E-state index in [4.69, 9.17) is 11.6 Å². The van der Waals surface area contributed by atoms with Crippen LogP contribution in [0.4, 0.5) is 17.1 Å². The van der Waals surface area contributed by atoms with Crippen LogP contribution < -0.4 is 10.1 Å². The largest absolute Gasteiger partial charge is 0.278 e. The second-order valence-corrected chi connectivity index (χ2v) is 7.25. The molecule has 0 aliphatic heterocycles. The van der Waals surface area contributed by atoms with Crippen LogP contribution in [-0.2, 0) is 10.0 Å². The molecule has 0 aliphatic rings. The molecular weight excluding hydrogens is 368 g/mol. The lowest BCUT2D eigenvalue weighted by molar-refractivity contribution is -0.385. The van der Waals surface area contributed by atoms with E-state index in [1.807, 2.05) is 0 Å². The highest BCUT2D eigenvalue weighted by Gasteiger charge is 2.23. The number of non-ortho nitro benzene ring substituents is 1. The monoisotopic (exact) mass is 382 g/mol. The molecule has 8 nitrogen and oxygen atoms in total. The zero-order chi connectivity index (χ0) is 18.6. The first kappa shape index (κ1) is 18.7. The van der Waals surface area contributed by atoms with Crippen LogP contribution in [0.15, 0.2) is 52.5 Å². The molecule has 0 heterocycles. The number of halogens is 1. The summed E-state index contributed by atoms with van der Waals surface area (Å²) in [6.07, 6.45) is 0. The predicted octanol–water partition coefficient (Wildman–Crippen LogP) is 3.86. The molecule has 0 radical (unpaired) electrons. The van der Waals surface area contributed by atoms with Gasteiger partial charge in [0.15, 0.2) is 0 Å². The summed E-state index contributed by atoms with van der Waals surface area (Å²) in [4.78, 5) is 10.0. The number of rotatable bonds is 6. The summed E-state index contributed by atoms with van der Waals surface area (Å²) in [6.45, 7) is 3.43. The second-order valence-electron chi connectivity index (χ2n) is 5.19. The quantitative estimate of drug-likeness (QED) is 0.447. The van der Waals surface area contributed by atoms with Crippen LogP contribution in [0.3, 0.4) is 0 Å². The van der Waals surface area contributed by atoms with Crippen molar-refractivity contribution in [2.24, 2.45) is 5.10 Å². The Bertz CT molecular complexity index is 940. The van der Waals surface area contributed by atoms with Crippen LogP contribution >= 0.6 is 11.6 Å². The second kappa shape index (κ2) is 7.49. The van der Waals surface area contributed by atoms with Crippen molar-refractivity contribution in [2.75, 3.05) is 10.1 Å². The van der Waals surface area contributed by atoms with E-state index in [1.165, 1.54) is 24.3 Å². The smallest absolute Gasteiger partial charge is 0.270 e.